The van der Waals surface area contributed by atoms with Crippen molar-refractivity contribution in [2.45, 2.75) is 58.4 Å². The molecule has 1 heterocycles. The molecule has 0 amide bonds. The van der Waals surface area contributed by atoms with Crippen molar-refractivity contribution in [2.24, 2.45) is 0 Å². The molecule has 1 fully saturated rings. The van der Waals surface area contributed by atoms with Gasteiger partial charge in [-0.1, -0.05) is 43.0 Å². The largest absolute Gasteiger partial charge is 0.492 e. The summed E-state index contributed by atoms with van der Waals surface area (Å²) in [7, 11) is 0. The molecule has 1 aromatic heterocycles. The first-order valence-corrected chi connectivity index (χ1v) is 10.4. The monoisotopic (exact) mass is 382 g/mol. The van der Waals surface area contributed by atoms with Crippen LogP contribution < -0.4 is 4.74 Å². The van der Waals surface area contributed by atoms with Crippen LogP contribution in [0.3, 0.4) is 0 Å². The lowest BCUT2D eigenvalue weighted by Crippen LogP contribution is -2.15. The Bertz CT molecular complexity index is 918. The first-order chi connectivity index (χ1) is 13.1. The Morgan fingerprint density at radius 3 is 2.52 bits per heavy atom. The van der Waals surface area contributed by atoms with Crippen LogP contribution in [-0.4, -0.2) is 16.2 Å². The highest BCUT2D eigenvalue weighted by Gasteiger charge is 2.22. The highest BCUT2D eigenvalue weighted by atomic mass is 35.5. The maximum Gasteiger partial charge on any atom is 0.120 e. The van der Waals surface area contributed by atoms with E-state index in [4.69, 9.17) is 21.3 Å². The van der Waals surface area contributed by atoms with E-state index in [1.54, 1.807) is 0 Å². The smallest absolute Gasteiger partial charge is 0.120 e. The summed E-state index contributed by atoms with van der Waals surface area (Å²) in [6.45, 7) is 5.48. The molecule has 3 aromatic rings. The van der Waals surface area contributed by atoms with Gasteiger partial charge in [0.05, 0.1) is 17.6 Å². The summed E-state index contributed by atoms with van der Waals surface area (Å²) in [5, 5.41) is 0.822. The van der Waals surface area contributed by atoms with Gasteiger partial charge in [-0.25, -0.2) is 4.98 Å². The second-order valence-electron chi connectivity index (χ2n) is 7.66. The van der Waals surface area contributed by atoms with E-state index in [1.165, 1.54) is 43.4 Å². The van der Waals surface area contributed by atoms with Crippen LogP contribution in [0.2, 0.25) is 5.02 Å². The summed E-state index contributed by atoms with van der Waals surface area (Å²) in [4.78, 5) is 4.99. The van der Waals surface area contributed by atoms with Crippen LogP contribution in [0.4, 0.5) is 0 Å². The van der Waals surface area contributed by atoms with Crippen LogP contribution in [-0.2, 0) is 6.54 Å². The van der Waals surface area contributed by atoms with Gasteiger partial charge >= 0.3 is 0 Å². The predicted molar refractivity (Wildman–Crippen MR) is 112 cm³/mol. The molecule has 4 heteroatoms. The molecule has 0 spiro atoms. The molecule has 27 heavy (non-hydrogen) atoms. The number of benzene rings is 2. The number of halogens is 1. The van der Waals surface area contributed by atoms with Gasteiger partial charge < -0.3 is 9.30 Å². The van der Waals surface area contributed by atoms with Crippen LogP contribution in [0, 0.1) is 13.8 Å². The summed E-state index contributed by atoms with van der Waals surface area (Å²) < 4.78 is 8.46. The lowest BCUT2D eigenvalue weighted by atomic mass is 9.88. The lowest BCUT2D eigenvalue weighted by molar-refractivity contribution is 0.294. The summed E-state index contributed by atoms with van der Waals surface area (Å²) in [5.74, 6) is 2.70. The molecule has 0 saturated heterocycles. The summed E-state index contributed by atoms with van der Waals surface area (Å²) in [5.41, 5.74) is 4.42. The van der Waals surface area contributed by atoms with Crippen molar-refractivity contribution < 1.29 is 4.74 Å². The van der Waals surface area contributed by atoms with Crippen molar-refractivity contribution in [2.75, 3.05) is 6.61 Å². The predicted octanol–water partition coefficient (Wildman–Crippen LogP) is 6.43. The zero-order valence-electron chi connectivity index (χ0n) is 16.2. The molecule has 1 saturated carbocycles. The van der Waals surface area contributed by atoms with Gasteiger partial charge in [-0.15, -0.1) is 0 Å². The molecule has 0 aliphatic heterocycles. The fourth-order valence-electron chi connectivity index (χ4n) is 4.25. The van der Waals surface area contributed by atoms with E-state index in [2.05, 4.69) is 28.8 Å². The Kier molecular flexibility index (Phi) is 5.40. The highest BCUT2D eigenvalue weighted by molar-refractivity contribution is 6.32. The zero-order valence-corrected chi connectivity index (χ0v) is 16.9. The SMILES string of the molecule is Cc1cc(OCCn2c(C3CCCCC3)nc3ccccc32)cc(C)c1Cl. The number of para-hydroxylation sites is 2. The Hall–Kier alpha value is -2.00. The average Bonchev–Trinajstić information content (AvgIpc) is 3.05. The third-order valence-electron chi connectivity index (χ3n) is 5.65. The maximum absolute atomic E-state index is 6.27. The van der Waals surface area contributed by atoms with E-state index in [-0.39, 0.29) is 0 Å². The minimum absolute atomic E-state index is 0.575. The summed E-state index contributed by atoms with van der Waals surface area (Å²) in [6, 6.07) is 12.5. The Morgan fingerprint density at radius 1 is 1.07 bits per heavy atom. The molecule has 1 aliphatic carbocycles. The number of hydrogen-bond donors (Lipinski definition) is 0. The number of rotatable bonds is 5. The molecule has 2 aromatic carbocycles. The first-order valence-electron chi connectivity index (χ1n) is 9.98. The van der Waals surface area contributed by atoms with Gasteiger partial charge in [0.15, 0.2) is 0 Å². The lowest BCUT2D eigenvalue weighted by Gasteiger charge is -2.22. The number of aryl methyl sites for hydroxylation is 2. The molecule has 0 atom stereocenters. The van der Waals surface area contributed by atoms with Gasteiger partial charge in [0.2, 0.25) is 0 Å². The molecule has 0 N–H and O–H groups in total. The second kappa shape index (κ2) is 7.93. The van der Waals surface area contributed by atoms with E-state index in [0.717, 1.165) is 34.0 Å². The van der Waals surface area contributed by atoms with E-state index in [1.807, 2.05) is 26.0 Å². The average molecular weight is 383 g/mol. The van der Waals surface area contributed by atoms with Crippen LogP contribution in [0.25, 0.3) is 11.0 Å². The minimum Gasteiger partial charge on any atom is -0.492 e. The van der Waals surface area contributed by atoms with Gasteiger partial charge in [0.25, 0.3) is 0 Å². The van der Waals surface area contributed by atoms with Gasteiger partial charge in [-0.3, -0.25) is 0 Å². The molecule has 3 nitrogen and oxygen atoms in total. The second-order valence-corrected chi connectivity index (χ2v) is 8.04. The molecule has 0 radical (unpaired) electrons. The maximum atomic E-state index is 6.27. The number of hydrogen-bond acceptors (Lipinski definition) is 2. The van der Waals surface area contributed by atoms with Crippen LogP contribution >= 0.6 is 11.6 Å². The van der Waals surface area contributed by atoms with Gasteiger partial charge in [-0.05, 0) is 62.1 Å². The Labute approximate surface area is 166 Å². The molecular weight excluding hydrogens is 356 g/mol. The van der Waals surface area contributed by atoms with Crippen molar-refractivity contribution in [3.63, 3.8) is 0 Å². The number of nitrogens with zero attached hydrogens (tertiary/aromatic N) is 2. The van der Waals surface area contributed by atoms with E-state index < -0.39 is 0 Å². The van der Waals surface area contributed by atoms with Crippen LogP contribution in [0.15, 0.2) is 36.4 Å². The van der Waals surface area contributed by atoms with E-state index >= 15 is 0 Å². The van der Waals surface area contributed by atoms with Gasteiger partial charge in [-0.2, -0.15) is 0 Å². The van der Waals surface area contributed by atoms with Gasteiger partial charge in [0, 0.05) is 10.9 Å². The molecule has 4 rings (SSSR count). The third kappa shape index (κ3) is 3.84. The normalized spacial score (nSPS) is 15.4. The Morgan fingerprint density at radius 2 is 1.78 bits per heavy atom. The topological polar surface area (TPSA) is 27.1 Å². The molecule has 1 aliphatic rings. The summed E-state index contributed by atoms with van der Waals surface area (Å²) in [6.07, 6.45) is 6.48. The number of aromatic nitrogens is 2. The standard InChI is InChI=1S/C23H27ClN2O/c1-16-14-19(15-17(2)22(16)24)27-13-12-26-21-11-7-6-10-20(21)25-23(26)18-8-4-3-5-9-18/h6-7,10-11,14-15,18H,3-5,8-9,12-13H2,1-2H3. The van der Waals surface area contributed by atoms with Gasteiger partial charge in [0.1, 0.15) is 18.2 Å². The van der Waals surface area contributed by atoms with Crippen molar-refractivity contribution in [1.29, 1.82) is 0 Å². The fourth-order valence-corrected chi connectivity index (χ4v) is 4.35. The number of fused-ring (bicyclic) bond motifs is 1. The Balaban J connectivity index is 1.55. The van der Waals surface area contributed by atoms with Crippen LogP contribution in [0.5, 0.6) is 5.75 Å². The minimum atomic E-state index is 0.575. The third-order valence-corrected chi connectivity index (χ3v) is 6.24. The van der Waals surface area contributed by atoms with E-state index in [9.17, 15) is 0 Å². The molecule has 0 unspecified atom stereocenters. The van der Waals surface area contributed by atoms with Crippen molar-refractivity contribution in [1.82, 2.24) is 9.55 Å². The van der Waals surface area contributed by atoms with E-state index in [0.29, 0.717) is 12.5 Å². The summed E-state index contributed by atoms with van der Waals surface area (Å²) >= 11 is 6.27. The molecular formula is C23H27ClN2O. The first kappa shape index (κ1) is 18.4. The van der Waals surface area contributed by atoms with Crippen molar-refractivity contribution in [3.8, 4) is 5.75 Å². The zero-order chi connectivity index (χ0) is 18.8. The quantitative estimate of drug-likeness (QED) is 0.508. The van der Waals surface area contributed by atoms with Crippen molar-refractivity contribution in [3.05, 3.63) is 58.4 Å². The highest BCUT2D eigenvalue weighted by Crippen LogP contribution is 2.34. The fraction of sp³-hybridized carbons (Fsp3) is 0.435. The number of ether oxygens (including phenoxy) is 1. The molecule has 0 bridgehead atoms. The van der Waals surface area contributed by atoms with Crippen molar-refractivity contribution >= 4 is 22.6 Å². The molecule has 142 valence electrons. The van der Waals surface area contributed by atoms with Crippen LogP contribution in [0.1, 0.15) is 55.0 Å². The number of imidazole rings is 1.